The molecule has 1 rings (SSSR count). The van der Waals surface area contributed by atoms with E-state index in [4.69, 9.17) is 4.74 Å². The average molecular weight is 282 g/mol. The van der Waals surface area contributed by atoms with Gasteiger partial charge >= 0.3 is 5.97 Å². The summed E-state index contributed by atoms with van der Waals surface area (Å²) in [6, 6.07) is 9.36. The lowest BCUT2D eigenvalue weighted by Crippen LogP contribution is -2.44. The van der Waals surface area contributed by atoms with Gasteiger partial charge in [-0.1, -0.05) is 51.0 Å². The molecule has 1 aromatic rings. The van der Waals surface area contributed by atoms with Crippen molar-refractivity contribution in [3.8, 4) is 0 Å². The topological polar surface area (TPSA) is 26.3 Å². The number of ether oxygens (including phenoxy) is 1. The molecule has 2 nitrogen and oxygen atoms in total. The van der Waals surface area contributed by atoms with E-state index in [1.165, 1.54) is 19.2 Å². The lowest BCUT2D eigenvalue weighted by Gasteiger charge is -2.35. The van der Waals surface area contributed by atoms with Gasteiger partial charge in [0.2, 0.25) is 0 Å². The third-order valence-electron chi connectivity index (χ3n) is 4.36. The van der Waals surface area contributed by atoms with Crippen molar-refractivity contribution < 1.29 is 13.9 Å². The minimum atomic E-state index is -1.79. The number of methoxy groups -OCH3 is 1. The van der Waals surface area contributed by atoms with Crippen molar-refractivity contribution in [3.05, 3.63) is 35.6 Å². The zero-order valence-corrected chi connectivity index (χ0v) is 13.2. The molecule has 0 fully saturated rings. The SMILES string of the molecule is CC[Si](CC)(CC)C(C(=O)OC)c1ccc(F)cc1. The zero-order valence-electron chi connectivity index (χ0n) is 12.2. The first-order valence-electron chi connectivity index (χ1n) is 6.87. The Bertz CT molecular complexity index is 404. The molecule has 0 N–H and O–H groups in total. The predicted octanol–water partition coefficient (Wildman–Crippen LogP) is 4.13. The van der Waals surface area contributed by atoms with Gasteiger partial charge in [0.25, 0.3) is 0 Å². The van der Waals surface area contributed by atoms with E-state index in [0.717, 1.165) is 23.7 Å². The molecule has 0 radical (unpaired) electrons. The van der Waals surface area contributed by atoms with E-state index < -0.39 is 8.07 Å². The van der Waals surface area contributed by atoms with E-state index in [1.807, 2.05) is 0 Å². The van der Waals surface area contributed by atoms with E-state index in [1.54, 1.807) is 12.1 Å². The molecule has 1 unspecified atom stereocenters. The van der Waals surface area contributed by atoms with Crippen LogP contribution in [0.5, 0.6) is 0 Å². The second-order valence-electron chi connectivity index (χ2n) is 4.93. The van der Waals surface area contributed by atoms with Crippen LogP contribution in [0.3, 0.4) is 0 Å². The Hall–Kier alpha value is -1.16. The van der Waals surface area contributed by atoms with Gasteiger partial charge in [0.15, 0.2) is 0 Å². The first-order valence-corrected chi connectivity index (χ1v) is 9.57. The Morgan fingerprint density at radius 2 is 1.63 bits per heavy atom. The van der Waals surface area contributed by atoms with Crippen molar-refractivity contribution in [3.63, 3.8) is 0 Å². The van der Waals surface area contributed by atoms with Crippen LogP contribution in [0.1, 0.15) is 31.9 Å². The number of hydrogen-bond acceptors (Lipinski definition) is 2. The molecule has 0 aliphatic heterocycles. The lowest BCUT2D eigenvalue weighted by atomic mass is 10.1. The van der Waals surface area contributed by atoms with Crippen LogP contribution in [0.2, 0.25) is 18.1 Å². The number of benzene rings is 1. The summed E-state index contributed by atoms with van der Waals surface area (Å²) in [6.45, 7) is 6.45. The van der Waals surface area contributed by atoms with Gasteiger partial charge in [-0.05, 0) is 17.7 Å². The number of esters is 1. The van der Waals surface area contributed by atoms with Gasteiger partial charge in [0, 0.05) is 0 Å². The van der Waals surface area contributed by atoms with E-state index in [9.17, 15) is 9.18 Å². The monoisotopic (exact) mass is 282 g/mol. The van der Waals surface area contributed by atoms with Crippen LogP contribution < -0.4 is 0 Å². The normalized spacial score (nSPS) is 13.1. The Labute approximate surface area is 116 Å². The van der Waals surface area contributed by atoms with Crippen LogP contribution in [-0.2, 0) is 9.53 Å². The standard InChI is InChI=1S/C15H23FO2Si/c1-5-19(6-2,7-3)14(15(17)18-4)12-8-10-13(16)11-9-12/h8-11,14H,5-7H2,1-4H3. The predicted molar refractivity (Wildman–Crippen MR) is 78.4 cm³/mol. The molecular weight excluding hydrogens is 259 g/mol. The largest absolute Gasteiger partial charge is 0.469 e. The average Bonchev–Trinajstić information content (AvgIpc) is 2.46. The van der Waals surface area contributed by atoms with Crippen LogP contribution in [0.4, 0.5) is 4.39 Å². The van der Waals surface area contributed by atoms with Crippen molar-refractivity contribution >= 4 is 14.0 Å². The van der Waals surface area contributed by atoms with Gasteiger partial charge in [0.1, 0.15) is 5.82 Å². The Kier molecular flexibility index (Phi) is 5.73. The highest BCUT2D eigenvalue weighted by molar-refractivity contribution is 6.83. The highest BCUT2D eigenvalue weighted by Gasteiger charge is 2.42. The molecule has 0 saturated carbocycles. The number of carbonyl (C=O) groups is 1. The minimum Gasteiger partial charge on any atom is -0.469 e. The van der Waals surface area contributed by atoms with Gasteiger partial charge in [-0.3, -0.25) is 4.79 Å². The van der Waals surface area contributed by atoms with Crippen LogP contribution in [0, 0.1) is 5.82 Å². The highest BCUT2D eigenvalue weighted by atomic mass is 28.3. The van der Waals surface area contributed by atoms with E-state index in [0.29, 0.717) is 0 Å². The summed E-state index contributed by atoms with van der Waals surface area (Å²) in [6.07, 6.45) is 0. The summed E-state index contributed by atoms with van der Waals surface area (Å²) in [5, 5.41) is 0. The van der Waals surface area contributed by atoms with E-state index in [2.05, 4.69) is 20.8 Å². The Morgan fingerprint density at radius 1 is 1.16 bits per heavy atom. The van der Waals surface area contributed by atoms with Gasteiger partial charge in [-0.25, -0.2) is 4.39 Å². The second kappa shape index (κ2) is 6.85. The fourth-order valence-corrected chi connectivity index (χ4v) is 7.12. The summed E-state index contributed by atoms with van der Waals surface area (Å²) in [5.74, 6) is -0.451. The molecule has 1 aromatic carbocycles. The minimum absolute atomic E-state index is 0.177. The van der Waals surface area contributed by atoms with Gasteiger partial charge in [-0.15, -0.1) is 0 Å². The van der Waals surface area contributed by atoms with Crippen molar-refractivity contribution in [1.82, 2.24) is 0 Å². The first kappa shape index (κ1) is 15.9. The van der Waals surface area contributed by atoms with Crippen LogP contribution in [0.25, 0.3) is 0 Å². The Balaban J connectivity index is 3.28. The highest BCUT2D eigenvalue weighted by Crippen LogP contribution is 2.37. The maximum atomic E-state index is 13.1. The second-order valence-corrected chi connectivity index (χ2v) is 10.4. The number of rotatable bonds is 6. The molecule has 0 heterocycles. The lowest BCUT2D eigenvalue weighted by molar-refractivity contribution is -0.140. The molecule has 0 saturated heterocycles. The smallest absolute Gasteiger partial charge is 0.310 e. The van der Waals surface area contributed by atoms with Crippen molar-refractivity contribution in [1.29, 1.82) is 0 Å². The summed E-state index contributed by atoms with van der Waals surface area (Å²) >= 11 is 0. The summed E-state index contributed by atoms with van der Waals surface area (Å²) < 4.78 is 18.1. The van der Waals surface area contributed by atoms with Gasteiger partial charge in [0.05, 0.1) is 20.7 Å². The first-order chi connectivity index (χ1) is 9.04. The van der Waals surface area contributed by atoms with E-state index in [-0.39, 0.29) is 17.3 Å². The number of carbonyl (C=O) groups excluding carboxylic acids is 1. The van der Waals surface area contributed by atoms with Crippen molar-refractivity contribution in [2.45, 2.75) is 44.4 Å². The molecule has 4 heteroatoms. The third-order valence-corrected chi connectivity index (χ3v) is 10.4. The summed E-state index contributed by atoms with van der Waals surface area (Å²) in [4.78, 5) is 12.2. The van der Waals surface area contributed by atoms with Gasteiger partial charge in [-0.2, -0.15) is 0 Å². The summed E-state index contributed by atoms with van der Waals surface area (Å²) in [5.41, 5.74) is 0.698. The third kappa shape index (κ3) is 3.24. The van der Waals surface area contributed by atoms with Crippen molar-refractivity contribution in [2.24, 2.45) is 0 Å². The number of hydrogen-bond donors (Lipinski definition) is 0. The molecule has 0 amide bonds. The maximum absolute atomic E-state index is 13.1. The zero-order chi connectivity index (χ0) is 14.5. The molecule has 0 aliphatic rings. The van der Waals surface area contributed by atoms with E-state index >= 15 is 0 Å². The fourth-order valence-electron chi connectivity index (χ4n) is 2.88. The molecule has 1 atom stereocenters. The van der Waals surface area contributed by atoms with Crippen molar-refractivity contribution in [2.75, 3.05) is 7.11 Å². The Morgan fingerprint density at radius 3 is 2.00 bits per heavy atom. The molecule has 106 valence electrons. The van der Waals surface area contributed by atoms with Crippen LogP contribution in [-0.4, -0.2) is 21.2 Å². The molecule has 19 heavy (non-hydrogen) atoms. The maximum Gasteiger partial charge on any atom is 0.310 e. The molecule has 0 aliphatic carbocycles. The van der Waals surface area contributed by atoms with Crippen LogP contribution in [0.15, 0.2) is 24.3 Å². The molecule has 0 aromatic heterocycles. The molecular formula is C15H23FO2Si. The summed E-state index contributed by atoms with van der Waals surface area (Å²) in [7, 11) is -0.357. The quantitative estimate of drug-likeness (QED) is 0.579. The molecule has 0 bridgehead atoms. The van der Waals surface area contributed by atoms with Crippen LogP contribution >= 0.6 is 0 Å². The molecule has 0 spiro atoms. The fraction of sp³-hybridized carbons (Fsp3) is 0.533. The number of halogens is 1. The van der Waals surface area contributed by atoms with Gasteiger partial charge < -0.3 is 4.74 Å².